The molecule has 1 aromatic heterocycles. The molecule has 0 saturated carbocycles. The van der Waals surface area contributed by atoms with Gasteiger partial charge in [0.05, 0.1) is 11.5 Å². The first-order valence-electron chi connectivity index (χ1n) is 3.94. The second-order valence-corrected chi connectivity index (χ2v) is 2.64. The summed E-state index contributed by atoms with van der Waals surface area (Å²) in [5.41, 5.74) is 0.640. The average molecular weight is 191 g/mol. The summed E-state index contributed by atoms with van der Waals surface area (Å²) in [5, 5.41) is 13.3. The highest BCUT2D eigenvalue weighted by Gasteiger charge is 2.13. The van der Waals surface area contributed by atoms with E-state index in [1.807, 2.05) is 0 Å². The summed E-state index contributed by atoms with van der Waals surface area (Å²) in [6, 6.07) is 2.99. The van der Waals surface area contributed by atoms with E-state index in [-0.39, 0.29) is 18.1 Å². The minimum atomic E-state index is -0.495. The van der Waals surface area contributed by atoms with Gasteiger partial charge in [-0.3, -0.25) is 10.1 Å². The number of terminal acetylenes is 1. The standard InChI is InChI=1S/C9H9N3O2/c1-3-6-10-9-8(12(13)14)5-4-7(2)11-9/h1,4-5H,6H2,2H3,(H,10,11). The predicted molar refractivity (Wildman–Crippen MR) is 53.0 cm³/mol. The molecular weight excluding hydrogens is 182 g/mol. The number of aryl methyl sites for hydroxylation is 1. The molecule has 0 radical (unpaired) electrons. The monoisotopic (exact) mass is 191 g/mol. The van der Waals surface area contributed by atoms with Crippen molar-refractivity contribution < 1.29 is 4.92 Å². The highest BCUT2D eigenvalue weighted by Crippen LogP contribution is 2.21. The third-order valence-corrected chi connectivity index (χ3v) is 1.57. The number of nitrogens with zero attached hydrogens (tertiary/aromatic N) is 2. The van der Waals surface area contributed by atoms with Crippen molar-refractivity contribution in [1.29, 1.82) is 0 Å². The van der Waals surface area contributed by atoms with Crippen molar-refractivity contribution in [3.63, 3.8) is 0 Å². The topological polar surface area (TPSA) is 68.1 Å². The fourth-order valence-corrected chi connectivity index (χ4v) is 0.962. The van der Waals surface area contributed by atoms with E-state index >= 15 is 0 Å². The van der Waals surface area contributed by atoms with Crippen molar-refractivity contribution in [2.75, 3.05) is 11.9 Å². The summed E-state index contributed by atoms with van der Waals surface area (Å²) in [4.78, 5) is 14.1. The molecule has 1 heterocycles. The highest BCUT2D eigenvalue weighted by molar-refractivity contribution is 5.56. The third kappa shape index (κ3) is 2.20. The Labute approximate surface area is 81.3 Å². The lowest BCUT2D eigenvalue weighted by atomic mass is 10.3. The molecule has 0 unspecified atom stereocenters. The van der Waals surface area contributed by atoms with E-state index in [4.69, 9.17) is 6.42 Å². The van der Waals surface area contributed by atoms with Gasteiger partial charge in [-0.2, -0.15) is 0 Å². The molecule has 0 aliphatic heterocycles. The van der Waals surface area contributed by atoms with Crippen LogP contribution in [0.1, 0.15) is 5.69 Å². The van der Waals surface area contributed by atoms with Crippen LogP contribution in [0.3, 0.4) is 0 Å². The molecule has 14 heavy (non-hydrogen) atoms. The zero-order valence-electron chi connectivity index (χ0n) is 7.65. The van der Waals surface area contributed by atoms with Crippen molar-refractivity contribution in [2.45, 2.75) is 6.92 Å². The van der Waals surface area contributed by atoms with E-state index in [1.165, 1.54) is 6.07 Å². The zero-order valence-corrected chi connectivity index (χ0v) is 7.65. The van der Waals surface area contributed by atoms with E-state index in [0.717, 1.165) is 0 Å². The number of hydrogen-bond acceptors (Lipinski definition) is 4. The first kappa shape index (κ1) is 9.99. The van der Waals surface area contributed by atoms with E-state index < -0.39 is 4.92 Å². The zero-order chi connectivity index (χ0) is 10.6. The minimum absolute atomic E-state index is 0.0640. The van der Waals surface area contributed by atoms with Gasteiger partial charge < -0.3 is 5.32 Å². The smallest absolute Gasteiger partial charge is 0.311 e. The molecule has 0 saturated heterocycles. The quantitative estimate of drug-likeness (QED) is 0.444. The maximum absolute atomic E-state index is 10.6. The van der Waals surface area contributed by atoms with Crippen LogP contribution in [0.5, 0.6) is 0 Å². The van der Waals surface area contributed by atoms with Crippen molar-refractivity contribution >= 4 is 11.5 Å². The van der Waals surface area contributed by atoms with Crippen LogP contribution < -0.4 is 5.32 Å². The minimum Gasteiger partial charge on any atom is -0.353 e. The van der Waals surface area contributed by atoms with Crippen LogP contribution in [0.4, 0.5) is 11.5 Å². The Morgan fingerprint density at radius 1 is 1.71 bits per heavy atom. The second-order valence-electron chi connectivity index (χ2n) is 2.64. The number of rotatable bonds is 3. The van der Waals surface area contributed by atoms with Gasteiger partial charge in [0.2, 0.25) is 5.82 Å². The maximum Gasteiger partial charge on any atom is 0.311 e. The fraction of sp³-hybridized carbons (Fsp3) is 0.222. The lowest BCUT2D eigenvalue weighted by Crippen LogP contribution is -2.05. The number of hydrogen-bond donors (Lipinski definition) is 1. The second kappa shape index (κ2) is 4.23. The van der Waals surface area contributed by atoms with E-state index in [1.54, 1.807) is 13.0 Å². The molecule has 0 bridgehead atoms. The van der Waals surface area contributed by atoms with Crippen LogP contribution in [0, 0.1) is 29.4 Å². The number of nitrogens with one attached hydrogen (secondary N) is 1. The van der Waals surface area contributed by atoms with Crippen molar-refractivity contribution in [2.24, 2.45) is 0 Å². The Balaban J connectivity index is 3.04. The molecule has 0 aliphatic rings. The van der Waals surface area contributed by atoms with Crippen LogP contribution >= 0.6 is 0 Å². The Hall–Kier alpha value is -2.09. The molecule has 5 nitrogen and oxygen atoms in total. The third-order valence-electron chi connectivity index (χ3n) is 1.57. The molecule has 1 N–H and O–H groups in total. The first-order chi connectivity index (χ1) is 6.65. The SMILES string of the molecule is C#CCNc1nc(C)ccc1[N+](=O)[O-]. The van der Waals surface area contributed by atoms with E-state index in [2.05, 4.69) is 16.2 Å². The van der Waals surface area contributed by atoms with Crippen LogP contribution in [-0.2, 0) is 0 Å². The summed E-state index contributed by atoms with van der Waals surface area (Å²) in [6.45, 7) is 1.97. The normalized spacial score (nSPS) is 9.14. The molecule has 1 rings (SSSR count). The Morgan fingerprint density at radius 2 is 2.43 bits per heavy atom. The van der Waals surface area contributed by atoms with Crippen molar-refractivity contribution in [1.82, 2.24) is 4.98 Å². The molecule has 0 fully saturated rings. The molecule has 0 aliphatic carbocycles. The van der Waals surface area contributed by atoms with Crippen LogP contribution in [0.25, 0.3) is 0 Å². The average Bonchev–Trinajstić information content (AvgIpc) is 2.14. The van der Waals surface area contributed by atoms with Gasteiger partial charge in [-0.05, 0) is 13.0 Å². The van der Waals surface area contributed by atoms with Gasteiger partial charge in [0.25, 0.3) is 0 Å². The van der Waals surface area contributed by atoms with Gasteiger partial charge in [0.1, 0.15) is 0 Å². The van der Waals surface area contributed by atoms with E-state index in [0.29, 0.717) is 5.69 Å². The van der Waals surface area contributed by atoms with Crippen molar-refractivity contribution in [3.8, 4) is 12.3 Å². The molecule has 5 heteroatoms. The Kier molecular flexibility index (Phi) is 3.02. The number of pyridine rings is 1. The summed E-state index contributed by atoms with van der Waals surface area (Å²) >= 11 is 0. The number of aromatic nitrogens is 1. The fourth-order valence-electron chi connectivity index (χ4n) is 0.962. The van der Waals surface area contributed by atoms with Crippen molar-refractivity contribution in [3.05, 3.63) is 27.9 Å². The lowest BCUT2D eigenvalue weighted by Gasteiger charge is -2.03. The van der Waals surface area contributed by atoms with Gasteiger partial charge in [0.15, 0.2) is 0 Å². The molecule has 0 aromatic carbocycles. The lowest BCUT2D eigenvalue weighted by molar-refractivity contribution is -0.384. The molecule has 1 aromatic rings. The molecular formula is C9H9N3O2. The molecule has 0 amide bonds. The van der Waals surface area contributed by atoms with Gasteiger partial charge in [0, 0.05) is 11.8 Å². The van der Waals surface area contributed by atoms with E-state index in [9.17, 15) is 10.1 Å². The highest BCUT2D eigenvalue weighted by atomic mass is 16.6. The van der Waals surface area contributed by atoms with Crippen LogP contribution in [0.15, 0.2) is 12.1 Å². The molecule has 72 valence electrons. The maximum atomic E-state index is 10.6. The van der Waals surface area contributed by atoms with Gasteiger partial charge >= 0.3 is 5.69 Å². The van der Waals surface area contributed by atoms with Gasteiger partial charge in [-0.25, -0.2) is 4.98 Å². The molecule has 0 atom stereocenters. The van der Waals surface area contributed by atoms with Crippen LogP contribution in [-0.4, -0.2) is 16.5 Å². The Bertz CT molecular complexity index is 396. The Morgan fingerprint density at radius 3 is 3.00 bits per heavy atom. The predicted octanol–water partition coefficient (Wildman–Crippen LogP) is 1.34. The number of anilines is 1. The summed E-state index contributed by atoms with van der Waals surface area (Å²) in [6.07, 6.45) is 5.03. The van der Waals surface area contributed by atoms with Gasteiger partial charge in [-0.15, -0.1) is 6.42 Å². The molecule has 0 spiro atoms. The van der Waals surface area contributed by atoms with Gasteiger partial charge in [-0.1, -0.05) is 5.92 Å². The summed E-state index contributed by atoms with van der Waals surface area (Å²) < 4.78 is 0. The summed E-state index contributed by atoms with van der Waals surface area (Å²) in [5.74, 6) is 2.54. The number of nitro groups is 1. The van der Waals surface area contributed by atoms with Crippen LogP contribution in [0.2, 0.25) is 0 Å². The summed E-state index contributed by atoms with van der Waals surface area (Å²) in [7, 11) is 0. The first-order valence-corrected chi connectivity index (χ1v) is 3.94. The largest absolute Gasteiger partial charge is 0.353 e.